The Kier molecular flexibility index (Phi) is 5.73. The van der Waals surface area contributed by atoms with Crippen molar-refractivity contribution in [3.8, 4) is 17.0 Å². The monoisotopic (exact) mass is 537 g/mol. The van der Waals surface area contributed by atoms with E-state index in [9.17, 15) is 9.59 Å². The number of rotatable bonds is 4. The van der Waals surface area contributed by atoms with Crippen LogP contribution in [0.15, 0.2) is 60.4 Å². The summed E-state index contributed by atoms with van der Waals surface area (Å²) < 4.78 is 27.6. The Bertz CT molecular complexity index is 1740. The summed E-state index contributed by atoms with van der Waals surface area (Å²) in [6.07, 6.45) is 8.14. The van der Waals surface area contributed by atoms with Gasteiger partial charge >= 0.3 is 5.97 Å². The van der Waals surface area contributed by atoms with Crippen LogP contribution < -0.4 is 4.74 Å². The molecule has 40 heavy (non-hydrogen) atoms. The van der Waals surface area contributed by atoms with Gasteiger partial charge in [0, 0.05) is 36.1 Å². The van der Waals surface area contributed by atoms with Crippen molar-refractivity contribution in [3.63, 3.8) is 0 Å². The zero-order valence-corrected chi connectivity index (χ0v) is 22.3. The molecule has 0 spiro atoms. The first-order valence-electron chi connectivity index (χ1n) is 13.6. The number of fused-ring (bicyclic) bond motifs is 3. The third kappa shape index (κ3) is 4.06. The van der Waals surface area contributed by atoms with Gasteiger partial charge in [-0.3, -0.25) is 4.79 Å². The lowest BCUT2D eigenvalue weighted by Gasteiger charge is -2.35. The van der Waals surface area contributed by atoms with Crippen molar-refractivity contribution in [1.82, 2.24) is 14.3 Å². The number of amides is 1. The Hall–Kier alpha value is -4.46. The first kappa shape index (κ1) is 24.6. The highest BCUT2D eigenvalue weighted by molar-refractivity contribution is 5.96. The Morgan fingerprint density at radius 2 is 1.93 bits per heavy atom. The van der Waals surface area contributed by atoms with Crippen LogP contribution in [0.3, 0.4) is 0 Å². The molecule has 7 rings (SSSR count). The van der Waals surface area contributed by atoms with Crippen LogP contribution in [0, 0.1) is 5.82 Å². The smallest absolute Gasteiger partial charge is 0.337 e. The van der Waals surface area contributed by atoms with Crippen LogP contribution in [-0.4, -0.2) is 46.4 Å². The molecule has 1 fully saturated rings. The molecule has 3 aliphatic rings. The molecule has 2 aromatic carbocycles. The van der Waals surface area contributed by atoms with Crippen LogP contribution in [0.2, 0.25) is 0 Å². The van der Waals surface area contributed by atoms with Gasteiger partial charge in [0.15, 0.2) is 0 Å². The van der Waals surface area contributed by atoms with E-state index in [0.29, 0.717) is 46.2 Å². The van der Waals surface area contributed by atoms with Crippen LogP contribution in [0.4, 0.5) is 4.39 Å². The number of pyridine rings is 1. The summed E-state index contributed by atoms with van der Waals surface area (Å²) in [5.74, 6) is -0.276. The van der Waals surface area contributed by atoms with Crippen LogP contribution in [0.1, 0.15) is 64.3 Å². The van der Waals surface area contributed by atoms with Gasteiger partial charge in [-0.2, -0.15) is 0 Å². The summed E-state index contributed by atoms with van der Waals surface area (Å²) in [5, 5.41) is 0. The van der Waals surface area contributed by atoms with E-state index >= 15 is 4.39 Å². The number of ether oxygens (including phenoxy) is 2. The average Bonchev–Trinajstić information content (AvgIpc) is 3.73. The Morgan fingerprint density at radius 3 is 2.73 bits per heavy atom. The van der Waals surface area contributed by atoms with Gasteiger partial charge in [-0.25, -0.2) is 14.2 Å². The predicted octanol–water partition coefficient (Wildman–Crippen LogP) is 5.73. The number of hydrogen-bond acceptors (Lipinski definition) is 5. The lowest BCUT2D eigenvalue weighted by atomic mass is 9.93. The fraction of sp³-hybridized carbons (Fsp3) is 0.281. The molecule has 0 saturated heterocycles. The second-order valence-electron chi connectivity index (χ2n) is 10.8. The molecule has 2 aliphatic heterocycles. The number of benzene rings is 2. The number of halogens is 1. The van der Waals surface area contributed by atoms with Gasteiger partial charge in [0.1, 0.15) is 23.8 Å². The Labute approximate surface area is 230 Å². The topological polar surface area (TPSA) is 73.1 Å². The molecule has 0 unspecified atom stereocenters. The van der Waals surface area contributed by atoms with Crippen molar-refractivity contribution < 1.29 is 23.5 Å². The molecule has 1 atom stereocenters. The molecule has 4 aromatic rings. The van der Waals surface area contributed by atoms with Crippen molar-refractivity contribution in [2.24, 2.45) is 0 Å². The molecule has 1 aliphatic carbocycles. The van der Waals surface area contributed by atoms with Gasteiger partial charge in [-0.15, -0.1) is 0 Å². The van der Waals surface area contributed by atoms with E-state index < -0.39 is 11.8 Å². The van der Waals surface area contributed by atoms with Gasteiger partial charge in [0.2, 0.25) is 0 Å². The Balaban J connectivity index is 1.28. The Morgan fingerprint density at radius 1 is 1.10 bits per heavy atom. The first-order chi connectivity index (χ1) is 19.4. The molecule has 4 heterocycles. The molecular weight excluding hydrogens is 509 g/mol. The molecule has 1 amide bonds. The number of carbonyl (C=O) groups is 2. The third-order valence-electron chi connectivity index (χ3n) is 8.24. The summed E-state index contributed by atoms with van der Waals surface area (Å²) >= 11 is 0. The average molecular weight is 538 g/mol. The molecule has 202 valence electrons. The second kappa shape index (κ2) is 9.33. The number of aromatic nitrogens is 2. The third-order valence-corrected chi connectivity index (χ3v) is 8.24. The summed E-state index contributed by atoms with van der Waals surface area (Å²) in [5.41, 5.74) is 6.51. The van der Waals surface area contributed by atoms with Crippen LogP contribution >= 0.6 is 0 Å². The maximum absolute atomic E-state index is 15.3. The summed E-state index contributed by atoms with van der Waals surface area (Å²) in [7, 11) is 1.31. The summed E-state index contributed by atoms with van der Waals surface area (Å²) in [6, 6.07) is 13.2. The minimum Gasteiger partial charge on any atom is -0.488 e. The van der Waals surface area contributed by atoms with E-state index in [1.165, 1.54) is 24.3 Å². The zero-order chi connectivity index (χ0) is 27.5. The van der Waals surface area contributed by atoms with Crippen LogP contribution in [0.5, 0.6) is 5.75 Å². The minimum absolute atomic E-state index is 0.0151. The number of hydrogen-bond donors (Lipinski definition) is 0. The van der Waals surface area contributed by atoms with Gasteiger partial charge in [0.25, 0.3) is 5.91 Å². The molecule has 2 aromatic heterocycles. The number of nitrogens with zero attached hydrogens (tertiary/aromatic N) is 3. The van der Waals surface area contributed by atoms with Gasteiger partial charge in [0.05, 0.1) is 30.0 Å². The quantitative estimate of drug-likeness (QED) is 0.311. The predicted molar refractivity (Wildman–Crippen MR) is 148 cm³/mol. The van der Waals surface area contributed by atoms with Gasteiger partial charge in [-0.05, 0) is 67.0 Å². The van der Waals surface area contributed by atoms with E-state index in [2.05, 4.69) is 19.1 Å². The van der Waals surface area contributed by atoms with Crippen LogP contribution in [-0.2, 0) is 16.0 Å². The number of esters is 1. The molecule has 0 bridgehead atoms. The fourth-order valence-electron chi connectivity index (χ4n) is 5.92. The molecule has 1 saturated carbocycles. The molecule has 0 radical (unpaired) electrons. The lowest BCUT2D eigenvalue weighted by molar-refractivity contribution is -0.136. The number of carbonyl (C=O) groups excluding carboxylic acids is 2. The highest BCUT2D eigenvalue weighted by Gasteiger charge is 2.32. The number of imidazole rings is 1. The largest absolute Gasteiger partial charge is 0.488 e. The van der Waals surface area contributed by atoms with Crippen molar-refractivity contribution in [2.75, 3.05) is 20.3 Å². The van der Waals surface area contributed by atoms with Gasteiger partial charge in [-0.1, -0.05) is 24.3 Å². The molecular formula is C32H28FN3O4. The highest BCUT2D eigenvalue weighted by atomic mass is 19.1. The van der Waals surface area contributed by atoms with Gasteiger partial charge < -0.3 is 18.8 Å². The van der Waals surface area contributed by atoms with E-state index in [4.69, 9.17) is 14.5 Å². The normalized spacial score (nSPS) is 18.0. The van der Waals surface area contributed by atoms with Crippen molar-refractivity contribution in [3.05, 3.63) is 94.1 Å². The van der Waals surface area contributed by atoms with E-state index in [-0.39, 0.29) is 18.6 Å². The van der Waals surface area contributed by atoms with E-state index in [1.807, 2.05) is 33.7 Å². The number of methoxy groups -OCH3 is 1. The highest BCUT2D eigenvalue weighted by Crippen LogP contribution is 2.43. The van der Waals surface area contributed by atoms with Crippen LogP contribution in [0.25, 0.3) is 23.0 Å². The van der Waals surface area contributed by atoms with Crippen molar-refractivity contribution >= 4 is 23.6 Å². The maximum atomic E-state index is 15.3. The summed E-state index contributed by atoms with van der Waals surface area (Å²) in [6.45, 7) is 2.76. The maximum Gasteiger partial charge on any atom is 0.337 e. The molecule has 7 nitrogen and oxygen atoms in total. The van der Waals surface area contributed by atoms with Crippen molar-refractivity contribution in [2.45, 2.75) is 38.1 Å². The summed E-state index contributed by atoms with van der Waals surface area (Å²) in [4.78, 5) is 32.6. The fourth-order valence-corrected chi connectivity index (χ4v) is 5.92. The molecule has 0 N–H and O–H groups in total. The van der Waals surface area contributed by atoms with E-state index in [1.54, 1.807) is 18.3 Å². The standard InChI is InChI=1S/C32H28FN3O4/c1-18-24-6-4-3-5-19(24)9-10-36(18)31(37)22-13-25(20-7-8-20)30-34-28(16-35(30)15-22)26-12-21-11-23(32(38)39-2)17-40-29(21)14-27(26)33/h3-6,11-16,18,20H,7-10,17H2,1-2H3/t18-/m1/s1. The SMILES string of the molecule is COC(=O)C1=Cc2cc(-c3cn4cc(C(=O)N5CCc6ccccc6[C@H]5C)cc(C5CC5)c4n3)c(F)cc2OC1. The van der Waals surface area contributed by atoms with Crippen molar-refractivity contribution in [1.29, 1.82) is 0 Å². The minimum atomic E-state index is -0.484. The zero-order valence-electron chi connectivity index (χ0n) is 22.3. The first-order valence-corrected chi connectivity index (χ1v) is 13.6. The van der Waals surface area contributed by atoms with E-state index in [0.717, 1.165) is 30.5 Å². The lowest BCUT2D eigenvalue weighted by Crippen LogP contribution is -2.39. The second-order valence-corrected chi connectivity index (χ2v) is 10.8. The molecule has 8 heteroatoms.